The summed E-state index contributed by atoms with van der Waals surface area (Å²) >= 11 is 0. The van der Waals surface area contributed by atoms with Crippen LogP contribution in [0.15, 0.2) is 0 Å². The summed E-state index contributed by atoms with van der Waals surface area (Å²) in [7, 11) is 0. The van der Waals surface area contributed by atoms with Crippen molar-refractivity contribution in [1.82, 2.24) is 0 Å². The van der Waals surface area contributed by atoms with Gasteiger partial charge in [0.2, 0.25) is 0 Å². The molecule has 0 aliphatic carbocycles. The van der Waals surface area contributed by atoms with Crippen LogP contribution in [-0.2, 0) is 4.74 Å². The third-order valence-corrected chi connectivity index (χ3v) is 3.29. The highest BCUT2D eigenvalue weighted by atomic mass is 16.5. The molecule has 4 unspecified atom stereocenters. The number of rotatable bonds is 1. The van der Waals surface area contributed by atoms with E-state index >= 15 is 0 Å². The van der Waals surface area contributed by atoms with Crippen LogP contribution in [0.1, 0.15) is 34.1 Å². The molecule has 0 aromatic rings. The van der Waals surface area contributed by atoms with Crippen molar-refractivity contribution in [3.63, 3.8) is 0 Å². The molecular formula is C10H20O. The van der Waals surface area contributed by atoms with E-state index in [1.54, 1.807) is 0 Å². The first kappa shape index (κ1) is 9.05. The largest absolute Gasteiger partial charge is 0.378 e. The Hall–Kier alpha value is -0.0400. The van der Waals surface area contributed by atoms with E-state index in [2.05, 4.69) is 27.7 Å². The highest BCUT2D eigenvalue weighted by Crippen LogP contribution is 2.31. The zero-order chi connectivity index (χ0) is 8.43. The van der Waals surface area contributed by atoms with Gasteiger partial charge in [0, 0.05) is 6.61 Å². The maximum Gasteiger partial charge on any atom is 0.0600 e. The Labute approximate surface area is 70.1 Å². The number of ether oxygens (including phenoxy) is 1. The molecule has 1 rings (SSSR count). The van der Waals surface area contributed by atoms with Crippen molar-refractivity contribution in [2.45, 2.75) is 40.2 Å². The van der Waals surface area contributed by atoms with Crippen molar-refractivity contribution in [3.05, 3.63) is 0 Å². The molecule has 1 heteroatoms. The molecule has 66 valence electrons. The highest BCUT2D eigenvalue weighted by Gasteiger charge is 2.30. The first-order valence-electron chi connectivity index (χ1n) is 4.78. The van der Waals surface area contributed by atoms with E-state index < -0.39 is 0 Å². The van der Waals surface area contributed by atoms with Crippen LogP contribution >= 0.6 is 0 Å². The van der Waals surface area contributed by atoms with E-state index in [4.69, 9.17) is 4.74 Å². The molecule has 0 N–H and O–H groups in total. The molecule has 0 amide bonds. The predicted octanol–water partition coefficient (Wildman–Crippen LogP) is 2.70. The van der Waals surface area contributed by atoms with E-state index in [1.165, 1.54) is 0 Å². The van der Waals surface area contributed by atoms with Gasteiger partial charge in [-0.15, -0.1) is 0 Å². The third-order valence-electron chi connectivity index (χ3n) is 3.29. The lowest BCUT2D eigenvalue weighted by Gasteiger charge is -2.38. The molecule has 0 spiro atoms. The first-order valence-corrected chi connectivity index (χ1v) is 4.78. The zero-order valence-electron chi connectivity index (χ0n) is 8.13. The summed E-state index contributed by atoms with van der Waals surface area (Å²) in [5, 5.41) is 0. The van der Waals surface area contributed by atoms with Crippen molar-refractivity contribution in [3.8, 4) is 0 Å². The molecule has 1 saturated heterocycles. The lowest BCUT2D eigenvalue weighted by Crippen LogP contribution is -2.38. The Morgan fingerprint density at radius 3 is 2.36 bits per heavy atom. The van der Waals surface area contributed by atoms with Crippen molar-refractivity contribution in [2.24, 2.45) is 17.8 Å². The summed E-state index contributed by atoms with van der Waals surface area (Å²) < 4.78 is 5.72. The van der Waals surface area contributed by atoms with E-state index in [-0.39, 0.29) is 0 Å². The van der Waals surface area contributed by atoms with Gasteiger partial charge in [0.1, 0.15) is 0 Å². The average Bonchev–Trinajstić information content (AvgIpc) is 2.01. The Kier molecular flexibility index (Phi) is 2.94. The maximum absolute atomic E-state index is 5.72. The second-order valence-electron chi connectivity index (χ2n) is 3.98. The van der Waals surface area contributed by atoms with Gasteiger partial charge in [-0.1, -0.05) is 27.7 Å². The lowest BCUT2D eigenvalue weighted by molar-refractivity contribution is -0.0771. The van der Waals surface area contributed by atoms with Gasteiger partial charge in [-0.25, -0.2) is 0 Å². The number of hydrogen-bond acceptors (Lipinski definition) is 1. The fraction of sp³-hybridized carbons (Fsp3) is 1.00. The molecule has 1 aliphatic heterocycles. The Bertz CT molecular complexity index is 120. The van der Waals surface area contributed by atoms with Gasteiger partial charge in [0.25, 0.3) is 0 Å². The molecule has 1 fully saturated rings. The average molecular weight is 156 g/mol. The minimum absolute atomic E-state index is 0.515. The van der Waals surface area contributed by atoms with E-state index in [0.717, 1.165) is 30.8 Å². The van der Waals surface area contributed by atoms with Gasteiger partial charge in [-0.05, 0) is 24.2 Å². The quantitative estimate of drug-likeness (QED) is 0.567. The van der Waals surface area contributed by atoms with Crippen LogP contribution in [0.2, 0.25) is 0 Å². The van der Waals surface area contributed by atoms with Crippen molar-refractivity contribution in [1.29, 1.82) is 0 Å². The summed E-state index contributed by atoms with van der Waals surface area (Å²) in [6, 6.07) is 0. The smallest absolute Gasteiger partial charge is 0.0600 e. The number of hydrogen-bond donors (Lipinski definition) is 0. The summed E-state index contributed by atoms with van der Waals surface area (Å²) in [5.41, 5.74) is 0. The van der Waals surface area contributed by atoms with Crippen LogP contribution in [0.3, 0.4) is 0 Å². The highest BCUT2D eigenvalue weighted by molar-refractivity contribution is 4.78. The van der Waals surface area contributed by atoms with Gasteiger partial charge in [-0.2, -0.15) is 0 Å². The standard InChI is InChI=1S/C10H20O/c1-5-10-9(4)8(3)7(2)6-11-10/h7-10H,5-6H2,1-4H3. The molecule has 0 bridgehead atoms. The van der Waals surface area contributed by atoms with Gasteiger partial charge >= 0.3 is 0 Å². The molecule has 4 atom stereocenters. The van der Waals surface area contributed by atoms with Crippen LogP contribution in [0.4, 0.5) is 0 Å². The SMILES string of the molecule is CCC1OCC(C)C(C)C1C. The second kappa shape index (κ2) is 3.57. The fourth-order valence-corrected chi connectivity index (χ4v) is 1.93. The first-order chi connectivity index (χ1) is 5.16. The second-order valence-corrected chi connectivity index (χ2v) is 3.98. The molecule has 11 heavy (non-hydrogen) atoms. The molecular weight excluding hydrogens is 136 g/mol. The van der Waals surface area contributed by atoms with Crippen molar-refractivity contribution in [2.75, 3.05) is 6.61 Å². The fourth-order valence-electron chi connectivity index (χ4n) is 1.93. The topological polar surface area (TPSA) is 9.23 Å². The van der Waals surface area contributed by atoms with E-state index in [9.17, 15) is 0 Å². The maximum atomic E-state index is 5.72. The molecule has 0 saturated carbocycles. The van der Waals surface area contributed by atoms with Crippen LogP contribution in [0.25, 0.3) is 0 Å². The van der Waals surface area contributed by atoms with Gasteiger partial charge in [0.05, 0.1) is 6.10 Å². The van der Waals surface area contributed by atoms with Crippen LogP contribution < -0.4 is 0 Å². The molecule has 0 aromatic carbocycles. The molecule has 1 heterocycles. The van der Waals surface area contributed by atoms with E-state index in [1.807, 2.05) is 0 Å². The molecule has 0 radical (unpaired) electrons. The Balaban J connectivity index is 2.52. The minimum Gasteiger partial charge on any atom is -0.378 e. The Morgan fingerprint density at radius 1 is 1.18 bits per heavy atom. The molecule has 1 aliphatic rings. The summed E-state index contributed by atoms with van der Waals surface area (Å²) in [6.07, 6.45) is 1.68. The van der Waals surface area contributed by atoms with Gasteiger partial charge in [0.15, 0.2) is 0 Å². The Morgan fingerprint density at radius 2 is 1.82 bits per heavy atom. The lowest BCUT2D eigenvalue weighted by atomic mass is 9.79. The van der Waals surface area contributed by atoms with Gasteiger partial charge in [-0.3, -0.25) is 0 Å². The normalized spacial score (nSPS) is 45.8. The molecule has 0 aromatic heterocycles. The van der Waals surface area contributed by atoms with Gasteiger partial charge < -0.3 is 4.74 Å². The summed E-state index contributed by atoms with van der Waals surface area (Å²) in [6.45, 7) is 10.1. The van der Waals surface area contributed by atoms with Crippen LogP contribution in [0.5, 0.6) is 0 Å². The predicted molar refractivity (Wildman–Crippen MR) is 47.5 cm³/mol. The summed E-state index contributed by atoms with van der Waals surface area (Å²) in [5.74, 6) is 2.31. The zero-order valence-corrected chi connectivity index (χ0v) is 8.13. The minimum atomic E-state index is 0.515. The van der Waals surface area contributed by atoms with Crippen molar-refractivity contribution >= 4 is 0 Å². The monoisotopic (exact) mass is 156 g/mol. The van der Waals surface area contributed by atoms with Crippen LogP contribution in [0, 0.1) is 17.8 Å². The molecule has 1 nitrogen and oxygen atoms in total. The van der Waals surface area contributed by atoms with Crippen LogP contribution in [-0.4, -0.2) is 12.7 Å². The van der Waals surface area contributed by atoms with Crippen molar-refractivity contribution < 1.29 is 4.74 Å². The third kappa shape index (κ3) is 1.76. The summed E-state index contributed by atoms with van der Waals surface area (Å²) in [4.78, 5) is 0. The van der Waals surface area contributed by atoms with E-state index in [0.29, 0.717) is 6.10 Å².